The Morgan fingerprint density at radius 3 is 2.51 bits per heavy atom. The molecule has 0 fully saturated rings. The molecule has 0 saturated heterocycles. The highest BCUT2D eigenvalue weighted by molar-refractivity contribution is 5.96. The van der Waals surface area contributed by atoms with Crippen molar-refractivity contribution in [2.24, 2.45) is 0 Å². The van der Waals surface area contributed by atoms with Crippen LogP contribution in [0.2, 0.25) is 0 Å². The Bertz CT molecular complexity index is 1150. The number of nitrogens with zero attached hydrogens (tertiary/aromatic N) is 5. The predicted molar refractivity (Wildman–Crippen MR) is 125 cm³/mol. The zero-order valence-corrected chi connectivity index (χ0v) is 20.9. The van der Waals surface area contributed by atoms with Crippen LogP contribution in [0.3, 0.4) is 0 Å². The molecular formula is C23H30FN5O6. The highest BCUT2D eigenvalue weighted by Gasteiger charge is 2.30. The van der Waals surface area contributed by atoms with Crippen LogP contribution in [0.15, 0.2) is 17.8 Å². The van der Waals surface area contributed by atoms with Gasteiger partial charge in [0.05, 0.1) is 20.0 Å². The Hall–Kier alpha value is -3.72. The molecule has 1 amide bonds. The summed E-state index contributed by atoms with van der Waals surface area (Å²) < 4.78 is 37.2. The number of methoxy groups -OCH3 is 2. The van der Waals surface area contributed by atoms with Crippen molar-refractivity contribution >= 4 is 29.5 Å². The predicted octanol–water partition coefficient (Wildman–Crippen LogP) is 3.19. The third kappa shape index (κ3) is 6.89. The molecule has 1 unspecified atom stereocenters. The van der Waals surface area contributed by atoms with Gasteiger partial charge in [-0.05, 0) is 34.6 Å². The second kappa shape index (κ2) is 11.1. The Kier molecular flexibility index (Phi) is 8.76. The van der Waals surface area contributed by atoms with Crippen LogP contribution in [-0.4, -0.2) is 64.1 Å². The number of hydrogen-bond donors (Lipinski definition) is 0. The molecule has 0 aliphatic rings. The average molecular weight is 492 g/mol. The van der Waals surface area contributed by atoms with E-state index in [0.717, 1.165) is 4.90 Å². The van der Waals surface area contributed by atoms with Crippen molar-refractivity contribution in [2.45, 2.75) is 58.8 Å². The van der Waals surface area contributed by atoms with Crippen LogP contribution in [0.25, 0.3) is 11.2 Å². The fraction of sp³-hybridized carbons (Fsp3) is 0.522. The number of halogens is 1. The molecular weight excluding hydrogens is 461 g/mol. The number of rotatable bonds is 10. The summed E-state index contributed by atoms with van der Waals surface area (Å²) in [5, 5.41) is 0. The Labute approximate surface area is 203 Å². The van der Waals surface area contributed by atoms with Gasteiger partial charge in [0.15, 0.2) is 22.7 Å². The van der Waals surface area contributed by atoms with Gasteiger partial charge in [-0.1, -0.05) is 5.92 Å². The van der Waals surface area contributed by atoms with E-state index in [1.54, 1.807) is 32.3 Å². The van der Waals surface area contributed by atoms with Gasteiger partial charge >= 0.3 is 12.2 Å². The summed E-state index contributed by atoms with van der Waals surface area (Å²) in [6, 6.07) is 0. The number of carbonyl (C=O) groups is 2. The summed E-state index contributed by atoms with van der Waals surface area (Å²) in [7, 11) is 2.87. The van der Waals surface area contributed by atoms with Gasteiger partial charge in [-0.3, -0.25) is 9.69 Å². The van der Waals surface area contributed by atoms with Crippen molar-refractivity contribution in [3.63, 3.8) is 0 Å². The standard InChI is InChI=1S/C23H30FN5O6/c1-9-23(6,33-8)10-11-28-13-25-17-18(28)26-20(24)27-19(17)29(21(31)35-22(3,4)5)12-16(34-14-30)15(2)32-7/h1,13-14H,10-12H2,2-8H3/b16-15-. The van der Waals surface area contributed by atoms with Crippen molar-refractivity contribution in [3.05, 3.63) is 23.9 Å². The summed E-state index contributed by atoms with van der Waals surface area (Å²) >= 11 is 0. The number of fused-ring (bicyclic) bond motifs is 1. The van der Waals surface area contributed by atoms with Crippen LogP contribution < -0.4 is 4.90 Å². The van der Waals surface area contributed by atoms with E-state index in [1.807, 2.05) is 0 Å². The molecule has 0 aromatic carbocycles. The maximum absolute atomic E-state index is 14.6. The van der Waals surface area contributed by atoms with Crippen molar-refractivity contribution in [1.82, 2.24) is 19.5 Å². The molecule has 0 N–H and O–H groups in total. The molecule has 190 valence electrons. The molecule has 0 bridgehead atoms. The first-order chi connectivity index (χ1) is 16.4. The Morgan fingerprint density at radius 1 is 1.29 bits per heavy atom. The van der Waals surface area contributed by atoms with E-state index in [-0.39, 0.29) is 41.5 Å². The third-order valence-corrected chi connectivity index (χ3v) is 5.06. The first-order valence-corrected chi connectivity index (χ1v) is 10.6. The molecule has 0 aliphatic carbocycles. The van der Waals surface area contributed by atoms with E-state index in [4.69, 9.17) is 25.4 Å². The fourth-order valence-electron chi connectivity index (χ4n) is 2.91. The highest BCUT2D eigenvalue weighted by atomic mass is 19.1. The summed E-state index contributed by atoms with van der Waals surface area (Å²) in [4.78, 5) is 37.2. The molecule has 0 radical (unpaired) electrons. The number of hydrogen-bond acceptors (Lipinski definition) is 9. The van der Waals surface area contributed by atoms with Gasteiger partial charge in [-0.2, -0.15) is 14.4 Å². The molecule has 2 rings (SSSR count). The summed E-state index contributed by atoms with van der Waals surface area (Å²) in [5.41, 5.74) is -1.48. The lowest BCUT2D eigenvalue weighted by atomic mass is 10.0. The van der Waals surface area contributed by atoms with Gasteiger partial charge in [0.25, 0.3) is 6.47 Å². The van der Waals surface area contributed by atoms with Crippen molar-refractivity contribution < 1.29 is 32.9 Å². The van der Waals surface area contributed by atoms with Crippen LogP contribution in [0.4, 0.5) is 15.0 Å². The Morgan fingerprint density at radius 2 is 1.97 bits per heavy atom. The molecule has 35 heavy (non-hydrogen) atoms. The van der Waals surface area contributed by atoms with Gasteiger partial charge in [-0.25, -0.2) is 9.78 Å². The van der Waals surface area contributed by atoms with Crippen molar-refractivity contribution in [1.29, 1.82) is 0 Å². The SMILES string of the molecule is C#CC(C)(CCn1cnc2c(N(C/C(OC=O)=C(\C)OC)C(=O)OC(C)(C)C)nc(F)nc21)OC. The Balaban J connectivity index is 2.61. The van der Waals surface area contributed by atoms with Crippen LogP contribution in [0.5, 0.6) is 0 Å². The number of allylic oxidation sites excluding steroid dienone is 1. The molecule has 2 aromatic rings. The fourth-order valence-corrected chi connectivity index (χ4v) is 2.91. The quantitative estimate of drug-likeness (QED) is 0.214. The molecule has 0 aliphatic heterocycles. The summed E-state index contributed by atoms with van der Waals surface area (Å²) in [6.07, 6.45) is 5.40. The summed E-state index contributed by atoms with van der Waals surface area (Å²) in [5.74, 6) is 2.60. The van der Waals surface area contributed by atoms with Gasteiger partial charge in [0.1, 0.15) is 17.0 Å². The van der Waals surface area contributed by atoms with E-state index in [1.165, 1.54) is 27.5 Å². The lowest BCUT2D eigenvalue weighted by Gasteiger charge is -2.27. The number of terminal acetylenes is 1. The van der Waals surface area contributed by atoms with Crippen LogP contribution >= 0.6 is 0 Å². The zero-order valence-electron chi connectivity index (χ0n) is 20.9. The van der Waals surface area contributed by atoms with Crippen LogP contribution in [0.1, 0.15) is 41.0 Å². The molecule has 2 aromatic heterocycles. The highest BCUT2D eigenvalue weighted by Crippen LogP contribution is 2.27. The van der Waals surface area contributed by atoms with Crippen LogP contribution in [0, 0.1) is 18.4 Å². The maximum Gasteiger partial charge on any atom is 0.416 e. The van der Waals surface area contributed by atoms with Crippen molar-refractivity contribution in [2.75, 3.05) is 25.7 Å². The molecule has 11 nitrogen and oxygen atoms in total. The van der Waals surface area contributed by atoms with E-state index < -0.39 is 23.4 Å². The van der Waals surface area contributed by atoms with E-state index in [9.17, 15) is 14.0 Å². The molecule has 2 heterocycles. The topological polar surface area (TPSA) is 118 Å². The van der Waals surface area contributed by atoms with Gasteiger partial charge in [-0.15, -0.1) is 6.42 Å². The molecule has 0 spiro atoms. The zero-order chi connectivity index (χ0) is 26.4. The normalized spacial score (nSPS) is 13.9. The second-order valence-electron chi connectivity index (χ2n) is 8.72. The van der Waals surface area contributed by atoms with E-state index >= 15 is 0 Å². The first-order valence-electron chi connectivity index (χ1n) is 10.6. The number of aryl methyl sites for hydroxylation is 1. The van der Waals surface area contributed by atoms with Gasteiger partial charge < -0.3 is 23.5 Å². The maximum atomic E-state index is 14.6. The van der Waals surface area contributed by atoms with Gasteiger partial charge in [0, 0.05) is 20.1 Å². The minimum Gasteiger partial charge on any atom is -0.498 e. The number of amides is 1. The monoisotopic (exact) mass is 491 g/mol. The average Bonchev–Trinajstić information content (AvgIpc) is 3.20. The van der Waals surface area contributed by atoms with Gasteiger partial charge in [0.2, 0.25) is 0 Å². The molecule has 12 heteroatoms. The number of imidazole rings is 1. The van der Waals surface area contributed by atoms with Crippen molar-refractivity contribution in [3.8, 4) is 12.3 Å². The van der Waals surface area contributed by atoms with Crippen LogP contribution in [-0.2, 0) is 30.3 Å². The van der Waals surface area contributed by atoms with E-state index in [0.29, 0.717) is 13.0 Å². The lowest BCUT2D eigenvalue weighted by molar-refractivity contribution is -0.125. The minimum atomic E-state index is -1.10. The largest absolute Gasteiger partial charge is 0.498 e. The molecule has 1 atom stereocenters. The molecule has 0 saturated carbocycles. The number of aromatic nitrogens is 4. The number of carbonyl (C=O) groups excluding carboxylic acids is 2. The number of anilines is 1. The third-order valence-electron chi connectivity index (χ3n) is 5.06. The number of ether oxygens (including phenoxy) is 4. The van der Waals surface area contributed by atoms with E-state index in [2.05, 4.69) is 20.9 Å². The second-order valence-corrected chi connectivity index (χ2v) is 8.72. The lowest BCUT2D eigenvalue weighted by Crippen LogP contribution is -2.39. The summed E-state index contributed by atoms with van der Waals surface area (Å²) in [6.45, 7) is 8.43. The first kappa shape index (κ1) is 27.5. The smallest absolute Gasteiger partial charge is 0.416 e. The minimum absolute atomic E-state index is 0.00940.